The van der Waals surface area contributed by atoms with Gasteiger partial charge in [0.25, 0.3) is 0 Å². The van der Waals surface area contributed by atoms with E-state index in [-0.39, 0.29) is 16.7 Å². The predicted molar refractivity (Wildman–Crippen MR) is 51.5 cm³/mol. The number of halogens is 1. The van der Waals surface area contributed by atoms with Crippen LogP contribution >= 0.6 is 0 Å². The first-order valence-corrected chi connectivity index (χ1v) is 5.94. The summed E-state index contributed by atoms with van der Waals surface area (Å²) in [5.41, 5.74) is 0.365. The fourth-order valence-corrected chi connectivity index (χ4v) is 3.39. The van der Waals surface area contributed by atoms with Crippen LogP contribution in [0.1, 0.15) is 6.92 Å². The van der Waals surface area contributed by atoms with Crippen LogP contribution in [0.3, 0.4) is 0 Å². The molecular weight excluding hydrogens is 205 g/mol. The van der Waals surface area contributed by atoms with Gasteiger partial charge in [-0.25, -0.2) is 12.8 Å². The summed E-state index contributed by atoms with van der Waals surface area (Å²) in [6.07, 6.45) is 0. The highest BCUT2D eigenvalue weighted by atomic mass is 32.2. The second-order valence-electron chi connectivity index (χ2n) is 3.44. The first-order valence-electron chi connectivity index (χ1n) is 4.28. The minimum Gasteiger partial charge on any atom is -0.380 e. The Labute approximate surface area is 81.9 Å². The maximum Gasteiger partial charge on any atom is 0.185 e. The van der Waals surface area contributed by atoms with E-state index in [0.29, 0.717) is 5.69 Å². The normalized spacial score (nSPS) is 23.7. The van der Waals surface area contributed by atoms with Crippen LogP contribution in [-0.2, 0) is 9.84 Å². The first kappa shape index (κ1) is 9.45. The Morgan fingerprint density at radius 2 is 2.21 bits per heavy atom. The van der Waals surface area contributed by atoms with Crippen molar-refractivity contribution in [1.29, 1.82) is 0 Å². The van der Waals surface area contributed by atoms with Crippen molar-refractivity contribution in [1.82, 2.24) is 0 Å². The third kappa shape index (κ3) is 1.37. The fourth-order valence-electron chi connectivity index (χ4n) is 1.66. The van der Waals surface area contributed by atoms with Crippen LogP contribution in [0.25, 0.3) is 0 Å². The van der Waals surface area contributed by atoms with Crippen molar-refractivity contribution in [2.24, 2.45) is 0 Å². The average molecular weight is 215 g/mol. The molecule has 5 heteroatoms. The Kier molecular flexibility index (Phi) is 1.99. The highest BCUT2D eigenvalue weighted by Crippen LogP contribution is 2.30. The van der Waals surface area contributed by atoms with E-state index in [1.54, 1.807) is 13.0 Å². The van der Waals surface area contributed by atoms with Gasteiger partial charge in [0.2, 0.25) is 0 Å². The van der Waals surface area contributed by atoms with Gasteiger partial charge in [0.15, 0.2) is 9.84 Å². The van der Waals surface area contributed by atoms with E-state index in [0.717, 1.165) is 6.07 Å². The van der Waals surface area contributed by atoms with Crippen LogP contribution in [0.2, 0.25) is 0 Å². The molecule has 76 valence electrons. The molecule has 1 aromatic carbocycles. The number of fused-ring (bicyclic) bond motifs is 1. The number of hydrogen-bond donors (Lipinski definition) is 1. The smallest absolute Gasteiger partial charge is 0.185 e. The number of hydrogen-bond acceptors (Lipinski definition) is 3. The Morgan fingerprint density at radius 1 is 1.50 bits per heavy atom. The molecule has 14 heavy (non-hydrogen) atoms. The van der Waals surface area contributed by atoms with Gasteiger partial charge in [-0.15, -0.1) is 0 Å². The highest BCUT2D eigenvalue weighted by Gasteiger charge is 2.30. The summed E-state index contributed by atoms with van der Waals surface area (Å²) in [4.78, 5) is -0.196. The minimum atomic E-state index is -3.46. The van der Waals surface area contributed by atoms with Gasteiger partial charge >= 0.3 is 0 Å². The van der Waals surface area contributed by atoms with Crippen LogP contribution in [-0.4, -0.2) is 20.2 Å². The van der Waals surface area contributed by atoms with Crippen molar-refractivity contribution in [2.45, 2.75) is 17.9 Å². The second kappa shape index (κ2) is 2.95. The molecule has 2 rings (SSSR count). The summed E-state index contributed by atoms with van der Waals surface area (Å²) < 4.78 is 36.5. The summed E-state index contributed by atoms with van der Waals surface area (Å²) in [6, 6.07) is 4.06. The molecule has 1 heterocycles. The molecule has 1 aliphatic rings. The zero-order chi connectivity index (χ0) is 10.3. The molecular formula is C9H10FNO2S. The standard InChI is InChI=1S/C9H10FNO2S/c1-6-5-14(12,13)9-7(10)3-2-4-8(9)11-6/h2-4,6,11H,5H2,1H3. The van der Waals surface area contributed by atoms with Crippen LogP contribution in [0.5, 0.6) is 0 Å². The molecule has 3 nitrogen and oxygen atoms in total. The van der Waals surface area contributed by atoms with Crippen molar-refractivity contribution in [3.05, 3.63) is 24.0 Å². The van der Waals surface area contributed by atoms with Crippen molar-refractivity contribution < 1.29 is 12.8 Å². The lowest BCUT2D eigenvalue weighted by Gasteiger charge is -2.24. The second-order valence-corrected chi connectivity index (χ2v) is 5.41. The zero-order valence-electron chi connectivity index (χ0n) is 7.62. The van der Waals surface area contributed by atoms with Gasteiger partial charge in [0.1, 0.15) is 10.7 Å². The molecule has 1 aliphatic heterocycles. The maximum atomic E-state index is 13.3. The van der Waals surface area contributed by atoms with E-state index in [4.69, 9.17) is 0 Å². The molecule has 1 aromatic rings. The van der Waals surface area contributed by atoms with Gasteiger partial charge in [-0.1, -0.05) is 6.07 Å². The maximum absolute atomic E-state index is 13.3. The van der Waals surface area contributed by atoms with Crippen LogP contribution in [0.4, 0.5) is 10.1 Å². The molecule has 0 fully saturated rings. The molecule has 0 aromatic heterocycles. The SMILES string of the molecule is CC1CS(=O)(=O)c2c(F)cccc2N1. The minimum absolute atomic E-state index is 0.0546. The van der Waals surface area contributed by atoms with Gasteiger partial charge in [-0.3, -0.25) is 0 Å². The monoisotopic (exact) mass is 215 g/mol. The Hall–Kier alpha value is -1.10. The number of benzene rings is 1. The lowest BCUT2D eigenvalue weighted by molar-refractivity contribution is 0.560. The Bertz CT molecular complexity index is 470. The Balaban J connectivity index is 2.71. The van der Waals surface area contributed by atoms with E-state index in [1.807, 2.05) is 0 Å². The van der Waals surface area contributed by atoms with E-state index < -0.39 is 15.7 Å². The van der Waals surface area contributed by atoms with Crippen molar-refractivity contribution >= 4 is 15.5 Å². The van der Waals surface area contributed by atoms with E-state index >= 15 is 0 Å². The quantitative estimate of drug-likeness (QED) is 0.711. The van der Waals surface area contributed by atoms with Crippen molar-refractivity contribution in [3.63, 3.8) is 0 Å². The molecule has 0 bridgehead atoms. The zero-order valence-corrected chi connectivity index (χ0v) is 8.44. The predicted octanol–water partition coefficient (Wildman–Crippen LogP) is 1.41. The van der Waals surface area contributed by atoms with Gasteiger partial charge in [-0.2, -0.15) is 0 Å². The molecule has 0 aliphatic carbocycles. The fraction of sp³-hybridized carbons (Fsp3) is 0.333. The molecule has 0 saturated heterocycles. The first-order chi connectivity index (χ1) is 6.50. The summed E-state index contributed by atoms with van der Waals surface area (Å²) >= 11 is 0. The number of nitrogens with one attached hydrogen (secondary N) is 1. The van der Waals surface area contributed by atoms with Crippen LogP contribution in [0, 0.1) is 5.82 Å². The summed E-state index contributed by atoms with van der Waals surface area (Å²) in [7, 11) is -3.46. The van der Waals surface area contributed by atoms with E-state index in [1.165, 1.54) is 6.07 Å². The molecule has 1 atom stereocenters. The summed E-state index contributed by atoms with van der Waals surface area (Å²) in [6.45, 7) is 1.76. The third-order valence-electron chi connectivity index (χ3n) is 2.15. The molecule has 0 spiro atoms. The average Bonchev–Trinajstić information content (AvgIpc) is 2.00. The summed E-state index contributed by atoms with van der Waals surface area (Å²) in [5, 5.41) is 2.94. The van der Waals surface area contributed by atoms with Crippen LogP contribution < -0.4 is 5.32 Å². The van der Waals surface area contributed by atoms with Gasteiger partial charge in [-0.05, 0) is 19.1 Å². The van der Waals surface area contributed by atoms with Crippen LogP contribution in [0.15, 0.2) is 23.1 Å². The number of sulfone groups is 1. The van der Waals surface area contributed by atoms with E-state index in [9.17, 15) is 12.8 Å². The third-order valence-corrected chi connectivity index (χ3v) is 4.13. The topological polar surface area (TPSA) is 46.2 Å². The largest absolute Gasteiger partial charge is 0.380 e. The lowest BCUT2D eigenvalue weighted by atomic mass is 10.2. The van der Waals surface area contributed by atoms with Gasteiger partial charge in [0, 0.05) is 6.04 Å². The van der Waals surface area contributed by atoms with Crippen molar-refractivity contribution in [3.8, 4) is 0 Å². The van der Waals surface area contributed by atoms with Gasteiger partial charge < -0.3 is 5.32 Å². The summed E-state index contributed by atoms with van der Waals surface area (Å²) in [5.74, 6) is -0.733. The number of anilines is 1. The highest BCUT2D eigenvalue weighted by molar-refractivity contribution is 7.91. The molecule has 1 N–H and O–H groups in total. The molecule has 0 amide bonds. The van der Waals surface area contributed by atoms with Crippen molar-refractivity contribution in [2.75, 3.05) is 11.1 Å². The number of rotatable bonds is 0. The molecule has 1 unspecified atom stereocenters. The lowest BCUT2D eigenvalue weighted by Crippen LogP contribution is -2.32. The molecule has 0 saturated carbocycles. The molecule has 0 radical (unpaired) electrons. The van der Waals surface area contributed by atoms with E-state index in [2.05, 4.69) is 5.32 Å². The van der Waals surface area contributed by atoms with Gasteiger partial charge in [0.05, 0.1) is 11.4 Å². The Morgan fingerprint density at radius 3 is 2.93 bits per heavy atom.